The van der Waals surface area contributed by atoms with Crippen molar-refractivity contribution in [3.8, 4) is 0 Å². The molecule has 0 heterocycles. The summed E-state index contributed by atoms with van der Waals surface area (Å²) in [5, 5.41) is 5.79. The Kier molecular flexibility index (Phi) is 12.8. The molecule has 0 fully saturated rings. The first kappa shape index (κ1) is 21.9. The van der Waals surface area contributed by atoms with Gasteiger partial charge < -0.3 is 10.6 Å². The molecule has 0 spiro atoms. The molecule has 0 saturated heterocycles. The summed E-state index contributed by atoms with van der Waals surface area (Å²) in [7, 11) is 0. The van der Waals surface area contributed by atoms with E-state index in [1.165, 1.54) is 25.7 Å². The Morgan fingerprint density at radius 3 is 2.09 bits per heavy atom. The van der Waals surface area contributed by atoms with Gasteiger partial charge in [0, 0.05) is 12.5 Å². The van der Waals surface area contributed by atoms with Gasteiger partial charge in [0.2, 0.25) is 11.8 Å². The van der Waals surface area contributed by atoms with Gasteiger partial charge in [-0.05, 0) is 32.6 Å². The number of rotatable bonds is 13. The highest BCUT2D eigenvalue weighted by molar-refractivity contribution is 5.87. The highest BCUT2D eigenvalue weighted by atomic mass is 16.2. The quantitative estimate of drug-likeness (QED) is 0.499. The monoisotopic (exact) mass is 326 g/mol. The molecule has 2 atom stereocenters. The fourth-order valence-electron chi connectivity index (χ4n) is 2.54. The van der Waals surface area contributed by atoms with Gasteiger partial charge in [-0.2, -0.15) is 0 Å². The maximum Gasteiger partial charge on any atom is 0.242 e. The summed E-state index contributed by atoms with van der Waals surface area (Å²) in [4.78, 5) is 23.9. The minimum atomic E-state index is -0.453. The molecule has 0 aliphatic carbocycles. The van der Waals surface area contributed by atoms with Crippen LogP contribution in [0, 0.1) is 5.92 Å². The molecular formula is C19H38N2O2. The van der Waals surface area contributed by atoms with Crippen LogP contribution >= 0.6 is 0 Å². The smallest absolute Gasteiger partial charge is 0.242 e. The fourth-order valence-corrected chi connectivity index (χ4v) is 2.54. The minimum absolute atomic E-state index is 0.0170. The number of carbonyl (C=O) groups excluding carboxylic acids is 2. The fraction of sp³-hybridized carbons (Fsp3) is 0.895. The first-order valence-electron chi connectivity index (χ1n) is 9.46. The van der Waals surface area contributed by atoms with Crippen LogP contribution in [0.5, 0.6) is 0 Å². The third-order valence-corrected chi connectivity index (χ3v) is 4.09. The lowest BCUT2D eigenvalue weighted by atomic mass is 10.0. The van der Waals surface area contributed by atoms with Gasteiger partial charge >= 0.3 is 0 Å². The molecular weight excluding hydrogens is 288 g/mol. The van der Waals surface area contributed by atoms with Crippen LogP contribution < -0.4 is 10.6 Å². The molecule has 4 nitrogen and oxygen atoms in total. The Labute approximate surface area is 143 Å². The van der Waals surface area contributed by atoms with Crippen molar-refractivity contribution >= 4 is 11.8 Å². The number of carbonyl (C=O) groups is 2. The molecule has 0 aromatic carbocycles. The van der Waals surface area contributed by atoms with E-state index >= 15 is 0 Å². The van der Waals surface area contributed by atoms with E-state index in [9.17, 15) is 9.59 Å². The predicted octanol–water partition coefficient (Wildman–Crippen LogP) is 4.18. The van der Waals surface area contributed by atoms with Crippen LogP contribution in [0.2, 0.25) is 0 Å². The number of amides is 2. The van der Waals surface area contributed by atoms with Crippen LogP contribution in [0.4, 0.5) is 0 Å². The van der Waals surface area contributed by atoms with Gasteiger partial charge in [-0.1, -0.05) is 59.3 Å². The van der Waals surface area contributed by atoms with Crippen LogP contribution in [0.15, 0.2) is 0 Å². The Hall–Kier alpha value is -1.06. The average molecular weight is 327 g/mol. The molecule has 136 valence electrons. The van der Waals surface area contributed by atoms with E-state index in [4.69, 9.17) is 0 Å². The van der Waals surface area contributed by atoms with Gasteiger partial charge in [-0.15, -0.1) is 0 Å². The van der Waals surface area contributed by atoms with Crippen molar-refractivity contribution in [3.05, 3.63) is 0 Å². The molecule has 0 unspecified atom stereocenters. The van der Waals surface area contributed by atoms with Gasteiger partial charge in [-0.3, -0.25) is 9.59 Å². The second-order valence-electron chi connectivity index (χ2n) is 7.19. The molecule has 0 aliphatic rings. The Bertz CT molecular complexity index is 329. The number of unbranched alkanes of at least 4 members (excludes halogenated alkanes) is 4. The zero-order valence-electron chi connectivity index (χ0n) is 15.9. The zero-order valence-corrected chi connectivity index (χ0v) is 15.9. The molecule has 0 aromatic rings. The average Bonchev–Trinajstić information content (AvgIpc) is 2.46. The summed E-state index contributed by atoms with van der Waals surface area (Å²) in [5.74, 6) is 0.603. The van der Waals surface area contributed by atoms with Crippen LogP contribution in [0.25, 0.3) is 0 Å². The van der Waals surface area contributed by atoms with E-state index in [0.29, 0.717) is 12.3 Å². The summed E-state index contributed by atoms with van der Waals surface area (Å²) in [5.41, 5.74) is 0. The first-order chi connectivity index (χ1) is 10.9. The van der Waals surface area contributed by atoms with Crippen molar-refractivity contribution in [2.75, 3.05) is 0 Å². The first-order valence-corrected chi connectivity index (χ1v) is 9.46. The van der Waals surface area contributed by atoms with Crippen molar-refractivity contribution in [1.29, 1.82) is 0 Å². The molecule has 0 rings (SSSR count). The molecule has 0 radical (unpaired) electrons. The van der Waals surface area contributed by atoms with Crippen molar-refractivity contribution in [1.82, 2.24) is 10.6 Å². The van der Waals surface area contributed by atoms with Gasteiger partial charge in [0.15, 0.2) is 0 Å². The van der Waals surface area contributed by atoms with Gasteiger partial charge in [0.25, 0.3) is 0 Å². The van der Waals surface area contributed by atoms with Crippen LogP contribution in [0.3, 0.4) is 0 Å². The lowest BCUT2D eigenvalue weighted by Gasteiger charge is -2.19. The predicted molar refractivity (Wildman–Crippen MR) is 97.3 cm³/mol. The Morgan fingerprint density at radius 2 is 1.48 bits per heavy atom. The molecule has 2 amide bonds. The zero-order chi connectivity index (χ0) is 17.7. The molecule has 0 bridgehead atoms. The van der Waals surface area contributed by atoms with Crippen molar-refractivity contribution in [3.63, 3.8) is 0 Å². The molecule has 0 aliphatic heterocycles. The normalized spacial score (nSPS) is 13.7. The van der Waals surface area contributed by atoms with Gasteiger partial charge in [0.05, 0.1) is 0 Å². The van der Waals surface area contributed by atoms with E-state index < -0.39 is 6.04 Å². The van der Waals surface area contributed by atoms with E-state index in [-0.39, 0.29) is 17.9 Å². The SMILES string of the molecule is CCCCCCCC(=O)N[C@@H](C)C(=O)N[C@@H](C)CCCC(C)C. The van der Waals surface area contributed by atoms with E-state index in [2.05, 4.69) is 31.4 Å². The summed E-state index contributed by atoms with van der Waals surface area (Å²) >= 11 is 0. The Morgan fingerprint density at radius 1 is 0.826 bits per heavy atom. The largest absolute Gasteiger partial charge is 0.352 e. The summed E-state index contributed by atoms with van der Waals surface area (Å²) in [6, 6.07) is -0.291. The van der Waals surface area contributed by atoms with Gasteiger partial charge in [0.1, 0.15) is 6.04 Å². The van der Waals surface area contributed by atoms with Crippen molar-refractivity contribution < 1.29 is 9.59 Å². The van der Waals surface area contributed by atoms with Crippen molar-refractivity contribution in [2.24, 2.45) is 5.92 Å². The summed E-state index contributed by atoms with van der Waals surface area (Å²) in [6.07, 6.45) is 9.44. The molecule has 0 saturated carbocycles. The Balaban J connectivity index is 3.84. The highest BCUT2D eigenvalue weighted by Crippen LogP contribution is 2.08. The van der Waals surface area contributed by atoms with Crippen LogP contribution in [0.1, 0.15) is 92.4 Å². The summed E-state index contributed by atoms with van der Waals surface area (Å²) < 4.78 is 0. The van der Waals surface area contributed by atoms with E-state index in [0.717, 1.165) is 25.7 Å². The van der Waals surface area contributed by atoms with Gasteiger partial charge in [-0.25, -0.2) is 0 Å². The lowest BCUT2D eigenvalue weighted by molar-refractivity contribution is -0.129. The maximum absolute atomic E-state index is 12.1. The second-order valence-corrected chi connectivity index (χ2v) is 7.19. The lowest BCUT2D eigenvalue weighted by Crippen LogP contribution is -2.47. The van der Waals surface area contributed by atoms with E-state index in [1.807, 2.05) is 6.92 Å². The number of hydrogen-bond donors (Lipinski definition) is 2. The number of hydrogen-bond acceptors (Lipinski definition) is 2. The van der Waals surface area contributed by atoms with Crippen LogP contribution in [-0.2, 0) is 9.59 Å². The topological polar surface area (TPSA) is 58.2 Å². The molecule has 2 N–H and O–H groups in total. The molecule has 4 heteroatoms. The highest BCUT2D eigenvalue weighted by Gasteiger charge is 2.17. The second kappa shape index (κ2) is 13.4. The van der Waals surface area contributed by atoms with Crippen molar-refractivity contribution in [2.45, 2.75) is 104 Å². The minimum Gasteiger partial charge on any atom is -0.352 e. The molecule has 0 aromatic heterocycles. The third kappa shape index (κ3) is 13.1. The summed E-state index contributed by atoms with van der Waals surface area (Å²) in [6.45, 7) is 10.4. The molecule has 23 heavy (non-hydrogen) atoms. The third-order valence-electron chi connectivity index (χ3n) is 4.09. The number of nitrogens with one attached hydrogen (secondary N) is 2. The maximum atomic E-state index is 12.1. The van der Waals surface area contributed by atoms with Crippen LogP contribution in [-0.4, -0.2) is 23.9 Å². The van der Waals surface area contributed by atoms with E-state index in [1.54, 1.807) is 6.92 Å². The standard InChI is InChI=1S/C19H38N2O2/c1-6-7-8-9-10-14-18(22)21-17(5)19(23)20-16(4)13-11-12-15(2)3/h15-17H,6-14H2,1-5H3,(H,20,23)(H,21,22)/t16-,17-/m0/s1.